The molecule has 0 aliphatic carbocycles. The highest BCUT2D eigenvalue weighted by Crippen LogP contribution is 2.24. The van der Waals surface area contributed by atoms with Crippen molar-refractivity contribution in [2.45, 2.75) is 18.9 Å². The SMILES string of the molecule is CN(CC(=O)O)C1CCN(C(=O)c2cc(Cl)ccc2Br)CC1. The molecule has 2 rings (SSSR count). The minimum atomic E-state index is -0.830. The lowest BCUT2D eigenvalue weighted by Crippen LogP contribution is -2.46. The first-order chi connectivity index (χ1) is 10.4. The molecule has 1 fully saturated rings. The number of carboxylic acids is 1. The van der Waals surface area contributed by atoms with Crippen LogP contribution in [-0.4, -0.2) is 59.5 Å². The van der Waals surface area contributed by atoms with Gasteiger partial charge in [-0.05, 0) is 54.0 Å². The van der Waals surface area contributed by atoms with Crippen molar-refractivity contribution in [1.82, 2.24) is 9.80 Å². The molecule has 120 valence electrons. The Balaban J connectivity index is 1.98. The molecule has 5 nitrogen and oxygen atoms in total. The summed E-state index contributed by atoms with van der Waals surface area (Å²) in [6.45, 7) is 1.26. The fraction of sp³-hybridized carbons (Fsp3) is 0.467. The van der Waals surface area contributed by atoms with Crippen molar-refractivity contribution in [3.05, 3.63) is 33.3 Å². The number of hydrogen-bond donors (Lipinski definition) is 1. The Bertz CT molecular complexity index is 574. The van der Waals surface area contributed by atoms with Gasteiger partial charge in [0.2, 0.25) is 0 Å². The third kappa shape index (κ3) is 4.21. The Morgan fingerprint density at radius 2 is 2.05 bits per heavy atom. The molecule has 0 atom stereocenters. The summed E-state index contributed by atoms with van der Waals surface area (Å²) in [6, 6.07) is 5.36. The molecule has 7 heteroatoms. The van der Waals surface area contributed by atoms with Crippen LogP contribution in [0, 0.1) is 0 Å². The van der Waals surface area contributed by atoms with Crippen molar-refractivity contribution in [2.75, 3.05) is 26.7 Å². The highest BCUT2D eigenvalue weighted by Gasteiger charge is 2.27. The third-order valence-electron chi connectivity index (χ3n) is 3.92. The van der Waals surface area contributed by atoms with Gasteiger partial charge < -0.3 is 10.0 Å². The first-order valence-electron chi connectivity index (χ1n) is 7.05. The van der Waals surface area contributed by atoms with Gasteiger partial charge in [-0.2, -0.15) is 0 Å². The predicted octanol–water partition coefficient (Wildman–Crippen LogP) is 2.72. The van der Waals surface area contributed by atoms with E-state index in [0.717, 1.165) is 17.3 Å². The zero-order valence-corrected chi connectivity index (χ0v) is 14.6. The number of likely N-dealkylation sites (tertiary alicyclic amines) is 1. The maximum Gasteiger partial charge on any atom is 0.317 e. The van der Waals surface area contributed by atoms with E-state index in [1.165, 1.54) is 0 Å². The maximum absolute atomic E-state index is 12.6. The van der Waals surface area contributed by atoms with Gasteiger partial charge in [0, 0.05) is 28.6 Å². The number of aliphatic carboxylic acids is 1. The number of piperidine rings is 1. The molecule has 0 saturated carbocycles. The average Bonchev–Trinajstić information content (AvgIpc) is 2.48. The molecule has 0 unspecified atom stereocenters. The van der Waals surface area contributed by atoms with E-state index in [-0.39, 0.29) is 18.5 Å². The Morgan fingerprint density at radius 1 is 1.41 bits per heavy atom. The molecule has 0 radical (unpaired) electrons. The van der Waals surface area contributed by atoms with Crippen molar-refractivity contribution in [2.24, 2.45) is 0 Å². The lowest BCUT2D eigenvalue weighted by Gasteiger charge is -2.36. The van der Waals surface area contributed by atoms with Crippen LogP contribution in [0.15, 0.2) is 22.7 Å². The monoisotopic (exact) mass is 388 g/mol. The first-order valence-corrected chi connectivity index (χ1v) is 8.22. The van der Waals surface area contributed by atoms with Crippen LogP contribution >= 0.6 is 27.5 Å². The maximum atomic E-state index is 12.6. The summed E-state index contributed by atoms with van der Waals surface area (Å²) >= 11 is 9.34. The highest BCUT2D eigenvalue weighted by molar-refractivity contribution is 9.10. The standard InChI is InChI=1S/C15H18BrClN2O3/c1-18(9-14(20)21)11-4-6-19(7-5-11)15(22)12-8-10(17)2-3-13(12)16/h2-3,8,11H,4-7,9H2,1H3,(H,20,21). The summed E-state index contributed by atoms with van der Waals surface area (Å²) < 4.78 is 0.729. The van der Waals surface area contributed by atoms with Gasteiger partial charge in [0.05, 0.1) is 12.1 Å². The third-order valence-corrected chi connectivity index (χ3v) is 4.85. The van der Waals surface area contributed by atoms with Gasteiger partial charge in [-0.3, -0.25) is 14.5 Å². The van der Waals surface area contributed by atoms with Gasteiger partial charge in [-0.15, -0.1) is 0 Å². The molecule has 1 N–H and O–H groups in total. The van der Waals surface area contributed by atoms with Crippen LogP contribution in [0.3, 0.4) is 0 Å². The van der Waals surface area contributed by atoms with Gasteiger partial charge >= 0.3 is 5.97 Å². The topological polar surface area (TPSA) is 60.9 Å². The van der Waals surface area contributed by atoms with Crippen molar-refractivity contribution < 1.29 is 14.7 Å². The fourth-order valence-corrected chi connectivity index (χ4v) is 3.27. The van der Waals surface area contributed by atoms with Crippen LogP contribution in [0.5, 0.6) is 0 Å². The number of hydrogen-bond acceptors (Lipinski definition) is 3. The van der Waals surface area contributed by atoms with Gasteiger partial charge in [-0.25, -0.2) is 0 Å². The van der Waals surface area contributed by atoms with Crippen molar-refractivity contribution >= 4 is 39.4 Å². The van der Waals surface area contributed by atoms with Crippen molar-refractivity contribution in [3.8, 4) is 0 Å². The largest absolute Gasteiger partial charge is 0.480 e. The molecule has 1 aliphatic heterocycles. The normalized spacial score (nSPS) is 16.1. The van der Waals surface area contributed by atoms with E-state index in [1.54, 1.807) is 23.1 Å². The number of benzene rings is 1. The molecule has 1 heterocycles. The van der Waals surface area contributed by atoms with Crippen LogP contribution in [0.25, 0.3) is 0 Å². The Labute approximate surface area is 143 Å². The van der Waals surface area contributed by atoms with E-state index in [1.807, 2.05) is 11.9 Å². The second kappa shape index (κ2) is 7.44. The van der Waals surface area contributed by atoms with Crippen LogP contribution in [0.1, 0.15) is 23.2 Å². The molecule has 0 bridgehead atoms. The van der Waals surface area contributed by atoms with Crippen LogP contribution < -0.4 is 0 Å². The zero-order chi connectivity index (χ0) is 16.3. The summed E-state index contributed by atoms with van der Waals surface area (Å²) in [5.74, 6) is -0.877. The molecule has 0 aromatic heterocycles. The van der Waals surface area contributed by atoms with Crippen molar-refractivity contribution in [1.29, 1.82) is 0 Å². The minimum Gasteiger partial charge on any atom is -0.480 e. The van der Waals surface area contributed by atoms with Crippen LogP contribution in [-0.2, 0) is 4.79 Å². The Hall–Kier alpha value is -1.11. The molecule has 1 saturated heterocycles. The van der Waals surface area contributed by atoms with Gasteiger partial charge in [0.15, 0.2) is 0 Å². The van der Waals surface area contributed by atoms with E-state index in [0.29, 0.717) is 23.7 Å². The molecule has 22 heavy (non-hydrogen) atoms. The Kier molecular flexibility index (Phi) is 5.83. The number of carbonyl (C=O) groups is 2. The zero-order valence-electron chi connectivity index (χ0n) is 12.3. The van der Waals surface area contributed by atoms with E-state index >= 15 is 0 Å². The van der Waals surface area contributed by atoms with Crippen LogP contribution in [0.4, 0.5) is 0 Å². The summed E-state index contributed by atoms with van der Waals surface area (Å²) in [5, 5.41) is 9.37. The number of nitrogens with zero attached hydrogens (tertiary/aromatic N) is 2. The number of rotatable bonds is 4. The average molecular weight is 390 g/mol. The number of amides is 1. The van der Waals surface area contributed by atoms with E-state index < -0.39 is 5.97 Å². The first kappa shape index (κ1) is 17.2. The highest BCUT2D eigenvalue weighted by atomic mass is 79.9. The number of carbonyl (C=O) groups excluding carboxylic acids is 1. The lowest BCUT2D eigenvalue weighted by molar-refractivity contribution is -0.138. The molecule has 1 aliphatic rings. The number of halogens is 2. The van der Waals surface area contributed by atoms with E-state index in [2.05, 4.69) is 15.9 Å². The summed E-state index contributed by atoms with van der Waals surface area (Å²) in [4.78, 5) is 26.9. The fourth-order valence-electron chi connectivity index (χ4n) is 2.68. The van der Waals surface area contributed by atoms with Gasteiger partial charge in [0.25, 0.3) is 5.91 Å². The van der Waals surface area contributed by atoms with Gasteiger partial charge in [0.1, 0.15) is 0 Å². The summed E-state index contributed by atoms with van der Waals surface area (Å²) in [5.41, 5.74) is 0.560. The van der Waals surface area contributed by atoms with E-state index in [4.69, 9.17) is 16.7 Å². The van der Waals surface area contributed by atoms with Crippen LogP contribution in [0.2, 0.25) is 5.02 Å². The molecule has 1 aromatic rings. The second-order valence-corrected chi connectivity index (χ2v) is 6.75. The predicted molar refractivity (Wildman–Crippen MR) is 88.3 cm³/mol. The Morgan fingerprint density at radius 3 is 2.64 bits per heavy atom. The minimum absolute atomic E-state index is 0.0262. The lowest BCUT2D eigenvalue weighted by atomic mass is 10.0. The molecular formula is C15H18BrClN2O3. The second-order valence-electron chi connectivity index (χ2n) is 5.46. The van der Waals surface area contributed by atoms with E-state index in [9.17, 15) is 9.59 Å². The molecule has 1 amide bonds. The molecule has 1 aromatic carbocycles. The summed E-state index contributed by atoms with van der Waals surface area (Å²) in [6.07, 6.45) is 1.54. The quantitative estimate of drug-likeness (QED) is 0.860. The number of carboxylic acid groups (broad SMARTS) is 1. The molecular weight excluding hydrogens is 372 g/mol. The smallest absolute Gasteiger partial charge is 0.317 e. The number of likely N-dealkylation sites (N-methyl/N-ethyl adjacent to an activating group) is 1. The summed E-state index contributed by atoms with van der Waals surface area (Å²) in [7, 11) is 1.81. The van der Waals surface area contributed by atoms with Crippen molar-refractivity contribution in [3.63, 3.8) is 0 Å². The molecule has 0 spiro atoms. The van der Waals surface area contributed by atoms with Gasteiger partial charge in [-0.1, -0.05) is 11.6 Å².